The van der Waals surface area contributed by atoms with E-state index in [9.17, 15) is 4.79 Å². The minimum Gasteiger partial charge on any atom is -0.320 e. The molecule has 5 heteroatoms. The van der Waals surface area contributed by atoms with Crippen molar-refractivity contribution in [2.24, 2.45) is 0 Å². The van der Waals surface area contributed by atoms with E-state index in [4.69, 9.17) is 0 Å². The number of amides is 1. The second-order valence-electron chi connectivity index (χ2n) is 4.29. The SMILES string of the molecule is O=C(Nc1cccc2c1CCNC2)c1ccn[nH]1. The Morgan fingerprint density at radius 3 is 3.11 bits per heavy atom. The van der Waals surface area contributed by atoms with Crippen LogP contribution in [0.25, 0.3) is 0 Å². The molecule has 1 aliphatic rings. The van der Waals surface area contributed by atoms with E-state index in [0.29, 0.717) is 5.69 Å². The van der Waals surface area contributed by atoms with E-state index < -0.39 is 0 Å². The van der Waals surface area contributed by atoms with Gasteiger partial charge in [0.15, 0.2) is 0 Å². The Balaban J connectivity index is 1.87. The average molecular weight is 242 g/mol. The topological polar surface area (TPSA) is 69.8 Å². The van der Waals surface area contributed by atoms with Crippen LogP contribution in [0, 0.1) is 0 Å². The molecule has 0 radical (unpaired) electrons. The first-order chi connectivity index (χ1) is 8.84. The van der Waals surface area contributed by atoms with Gasteiger partial charge in [0.05, 0.1) is 0 Å². The summed E-state index contributed by atoms with van der Waals surface area (Å²) in [5.41, 5.74) is 3.85. The van der Waals surface area contributed by atoms with Gasteiger partial charge >= 0.3 is 0 Å². The molecule has 0 spiro atoms. The summed E-state index contributed by atoms with van der Waals surface area (Å²) in [5.74, 6) is -0.153. The molecule has 0 saturated carbocycles. The number of hydrogen-bond acceptors (Lipinski definition) is 3. The molecule has 0 aliphatic carbocycles. The van der Waals surface area contributed by atoms with E-state index >= 15 is 0 Å². The normalized spacial score (nSPS) is 14.0. The van der Waals surface area contributed by atoms with Crippen LogP contribution in [0.15, 0.2) is 30.5 Å². The minimum atomic E-state index is -0.153. The maximum atomic E-state index is 12.0. The summed E-state index contributed by atoms with van der Waals surface area (Å²) in [7, 11) is 0. The minimum absolute atomic E-state index is 0.153. The fourth-order valence-electron chi connectivity index (χ4n) is 2.22. The molecular formula is C13H14N4O. The van der Waals surface area contributed by atoms with Gasteiger partial charge < -0.3 is 10.6 Å². The maximum absolute atomic E-state index is 12.0. The number of anilines is 1. The zero-order valence-electron chi connectivity index (χ0n) is 9.86. The molecule has 0 atom stereocenters. The molecule has 0 fully saturated rings. The van der Waals surface area contributed by atoms with Crippen molar-refractivity contribution in [3.63, 3.8) is 0 Å². The van der Waals surface area contributed by atoms with Crippen molar-refractivity contribution in [1.29, 1.82) is 0 Å². The number of H-pyrrole nitrogens is 1. The third-order valence-corrected chi connectivity index (χ3v) is 3.13. The Bertz CT molecular complexity index is 562. The quantitative estimate of drug-likeness (QED) is 0.743. The molecule has 1 aromatic heterocycles. The number of nitrogens with one attached hydrogen (secondary N) is 3. The number of aromatic amines is 1. The number of carbonyl (C=O) groups is 1. The van der Waals surface area contributed by atoms with Gasteiger partial charge in [-0.15, -0.1) is 0 Å². The predicted octanol–water partition coefficient (Wildman–Crippen LogP) is 1.31. The summed E-state index contributed by atoms with van der Waals surface area (Å²) in [5, 5.41) is 12.7. The molecular weight excluding hydrogens is 228 g/mol. The summed E-state index contributed by atoms with van der Waals surface area (Å²) in [6, 6.07) is 7.66. The summed E-state index contributed by atoms with van der Waals surface area (Å²) in [6.45, 7) is 1.81. The highest BCUT2D eigenvalue weighted by molar-refractivity contribution is 6.03. The number of carbonyl (C=O) groups excluding carboxylic acids is 1. The van der Waals surface area contributed by atoms with Crippen molar-refractivity contribution in [1.82, 2.24) is 15.5 Å². The van der Waals surface area contributed by atoms with Gasteiger partial charge in [0.25, 0.3) is 5.91 Å². The lowest BCUT2D eigenvalue weighted by Crippen LogP contribution is -2.25. The molecule has 2 heterocycles. The molecule has 1 aromatic carbocycles. The maximum Gasteiger partial charge on any atom is 0.273 e. The van der Waals surface area contributed by atoms with E-state index in [1.807, 2.05) is 12.1 Å². The van der Waals surface area contributed by atoms with Crippen LogP contribution in [0.4, 0.5) is 5.69 Å². The fourth-order valence-corrected chi connectivity index (χ4v) is 2.22. The number of aromatic nitrogens is 2. The van der Waals surface area contributed by atoms with Crippen molar-refractivity contribution in [3.05, 3.63) is 47.3 Å². The molecule has 1 aliphatic heterocycles. The first kappa shape index (κ1) is 11.0. The number of nitrogens with zero attached hydrogens (tertiary/aromatic N) is 1. The Labute approximate surface area is 105 Å². The van der Waals surface area contributed by atoms with Gasteiger partial charge in [-0.05, 0) is 36.2 Å². The molecule has 0 saturated heterocycles. The van der Waals surface area contributed by atoms with E-state index in [-0.39, 0.29) is 5.91 Å². The van der Waals surface area contributed by atoms with Crippen LogP contribution < -0.4 is 10.6 Å². The molecule has 2 aromatic rings. The third kappa shape index (κ3) is 2.00. The first-order valence-electron chi connectivity index (χ1n) is 5.97. The Hall–Kier alpha value is -2.14. The molecule has 92 valence electrons. The third-order valence-electron chi connectivity index (χ3n) is 3.13. The number of fused-ring (bicyclic) bond motifs is 1. The van der Waals surface area contributed by atoms with Crippen LogP contribution in [0.1, 0.15) is 21.6 Å². The Morgan fingerprint density at radius 1 is 1.33 bits per heavy atom. The first-order valence-corrected chi connectivity index (χ1v) is 5.97. The lowest BCUT2D eigenvalue weighted by atomic mass is 9.99. The van der Waals surface area contributed by atoms with E-state index in [1.165, 1.54) is 11.1 Å². The van der Waals surface area contributed by atoms with Gasteiger partial charge in [0, 0.05) is 18.4 Å². The summed E-state index contributed by atoms with van der Waals surface area (Å²) >= 11 is 0. The largest absolute Gasteiger partial charge is 0.320 e. The molecule has 0 unspecified atom stereocenters. The highest BCUT2D eigenvalue weighted by Crippen LogP contribution is 2.23. The standard InChI is InChI=1S/C13H14N4O/c18-13(12-5-7-15-17-12)16-11-3-1-2-9-8-14-6-4-10(9)11/h1-3,5,7,14H,4,6,8H2,(H,15,17)(H,16,18). The number of rotatable bonds is 2. The van der Waals surface area contributed by atoms with Crippen molar-refractivity contribution in [2.45, 2.75) is 13.0 Å². The smallest absolute Gasteiger partial charge is 0.273 e. The van der Waals surface area contributed by atoms with Crippen molar-refractivity contribution in [3.8, 4) is 0 Å². The van der Waals surface area contributed by atoms with Crippen LogP contribution in [0.2, 0.25) is 0 Å². The zero-order valence-corrected chi connectivity index (χ0v) is 9.86. The van der Waals surface area contributed by atoms with Crippen LogP contribution in [0.5, 0.6) is 0 Å². The molecule has 3 rings (SSSR count). The average Bonchev–Trinajstić information content (AvgIpc) is 2.93. The predicted molar refractivity (Wildman–Crippen MR) is 68.4 cm³/mol. The van der Waals surface area contributed by atoms with E-state index in [1.54, 1.807) is 12.3 Å². The number of hydrogen-bond donors (Lipinski definition) is 3. The van der Waals surface area contributed by atoms with Gasteiger partial charge in [0.2, 0.25) is 0 Å². The number of benzene rings is 1. The summed E-state index contributed by atoms with van der Waals surface area (Å²) in [6.07, 6.45) is 2.51. The van der Waals surface area contributed by atoms with Gasteiger partial charge in [0.1, 0.15) is 5.69 Å². The van der Waals surface area contributed by atoms with Crippen LogP contribution in [0.3, 0.4) is 0 Å². The Morgan fingerprint density at radius 2 is 2.28 bits per heavy atom. The van der Waals surface area contributed by atoms with E-state index in [0.717, 1.165) is 25.2 Å². The van der Waals surface area contributed by atoms with Crippen molar-refractivity contribution in [2.75, 3.05) is 11.9 Å². The highest BCUT2D eigenvalue weighted by atomic mass is 16.1. The Kier molecular flexibility index (Phi) is 2.82. The monoisotopic (exact) mass is 242 g/mol. The zero-order chi connectivity index (χ0) is 12.4. The summed E-state index contributed by atoms with van der Waals surface area (Å²) in [4.78, 5) is 12.0. The lowest BCUT2D eigenvalue weighted by molar-refractivity contribution is 0.102. The second-order valence-corrected chi connectivity index (χ2v) is 4.29. The van der Waals surface area contributed by atoms with Crippen LogP contribution >= 0.6 is 0 Å². The summed E-state index contributed by atoms with van der Waals surface area (Å²) < 4.78 is 0. The molecule has 18 heavy (non-hydrogen) atoms. The van der Waals surface area contributed by atoms with Gasteiger partial charge in [-0.1, -0.05) is 12.1 Å². The lowest BCUT2D eigenvalue weighted by Gasteiger charge is -2.20. The van der Waals surface area contributed by atoms with Crippen LogP contribution in [-0.4, -0.2) is 22.6 Å². The van der Waals surface area contributed by atoms with Gasteiger partial charge in [-0.3, -0.25) is 9.89 Å². The second kappa shape index (κ2) is 4.62. The van der Waals surface area contributed by atoms with Crippen molar-refractivity contribution < 1.29 is 4.79 Å². The molecule has 0 bridgehead atoms. The van der Waals surface area contributed by atoms with Gasteiger partial charge in [-0.2, -0.15) is 5.10 Å². The van der Waals surface area contributed by atoms with Crippen LogP contribution in [-0.2, 0) is 13.0 Å². The van der Waals surface area contributed by atoms with E-state index in [2.05, 4.69) is 26.9 Å². The molecule has 3 N–H and O–H groups in total. The molecule has 1 amide bonds. The van der Waals surface area contributed by atoms with Gasteiger partial charge in [-0.25, -0.2) is 0 Å². The highest BCUT2D eigenvalue weighted by Gasteiger charge is 2.15. The van der Waals surface area contributed by atoms with Crippen molar-refractivity contribution >= 4 is 11.6 Å². The molecule has 5 nitrogen and oxygen atoms in total. The fraction of sp³-hybridized carbons (Fsp3) is 0.231.